The van der Waals surface area contributed by atoms with Crippen LogP contribution in [0.2, 0.25) is 0 Å². The summed E-state index contributed by atoms with van der Waals surface area (Å²) < 4.78 is 0. The third kappa shape index (κ3) is 9.00. The molecule has 2 atom stereocenters. The van der Waals surface area contributed by atoms with Crippen LogP contribution in [0.15, 0.2) is 0 Å². The fourth-order valence-corrected chi connectivity index (χ4v) is 2.18. The van der Waals surface area contributed by atoms with E-state index in [0.29, 0.717) is 5.91 Å². The zero-order chi connectivity index (χ0) is 14.8. The predicted molar refractivity (Wildman–Crippen MR) is 82.1 cm³/mol. The van der Waals surface area contributed by atoms with Crippen LogP contribution in [0.25, 0.3) is 0 Å². The smallest absolute Gasteiger partial charge is 0.225 e. The van der Waals surface area contributed by atoms with Gasteiger partial charge in [0.1, 0.15) is 0 Å². The normalized spacial score (nSPS) is 14.5. The summed E-state index contributed by atoms with van der Waals surface area (Å²) in [5.74, 6) is 0.420. The molecule has 2 N–H and O–H groups in total. The number of carbonyl (C=O) groups excluding carboxylic acids is 1. The van der Waals surface area contributed by atoms with Crippen molar-refractivity contribution in [2.75, 3.05) is 33.7 Å². The average molecular weight is 271 g/mol. The summed E-state index contributed by atoms with van der Waals surface area (Å²) in [5.41, 5.74) is 5.73. The maximum atomic E-state index is 12.3. The van der Waals surface area contributed by atoms with Gasteiger partial charge in [-0.15, -0.1) is 0 Å². The number of carbonyl (C=O) groups is 1. The largest absolute Gasteiger partial charge is 0.343 e. The molecule has 0 aliphatic carbocycles. The Morgan fingerprint density at radius 2 is 1.74 bits per heavy atom. The number of nitrogens with two attached hydrogens (primary N) is 1. The fraction of sp³-hybridized carbons (Fsp3) is 0.933. The molecule has 0 bridgehead atoms. The molecule has 114 valence electrons. The van der Waals surface area contributed by atoms with Crippen LogP contribution in [0.1, 0.15) is 46.5 Å². The lowest BCUT2D eigenvalue weighted by Crippen LogP contribution is -2.37. The second-order valence-corrected chi connectivity index (χ2v) is 5.88. The second-order valence-electron chi connectivity index (χ2n) is 5.88. The van der Waals surface area contributed by atoms with Crippen molar-refractivity contribution < 1.29 is 4.79 Å². The van der Waals surface area contributed by atoms with Crippen LogP contribution in [0.3, 0.4) is 0 Å². The Kier molecular flexibility index (Phi) is 9.88. The first kappa shape index (κ1) is 18.4. The summed E-state index contributed by atoms with van der Waals surface area (Å²) in [5, 5.41) is 0. The zero-order valence-corrected chi connectivity index (χ0v) is 13.5. The van der Waals surface area contributed by atoms with E-state index in [-0.39, 0.29) is 12.0 Å². The Bertz CT molecular complexity index is 242. The third-order valence-electron chi connectivity index (χ3n) is 3.44. The SMILES string of the molecule is CCN(CCCN(C)C)C(=O)C(C)CCCC(C)N. The summed E-state index contributed by atoms with van der Waals surface area (Å²) in [4.78, 5) is 16.5. The molecular formula is C15H33N3O. The predicted octanol–water partition coefficient (Wildman–Crippen LogP) is 1.94. The van der Waals surface area contributed by atoms with Crippen molar-refractivity contribution in [2.45, 2.75) is 52.5 Å². The van der Waals surface area contributed by atoms with E-state index in [1.54, 1.807) is 0 Å². The van der Waals surface area contributed by atoms with Gasteiger partial charge in [0.05, 0.1) is 0 Å². The summed E-state index contributed by atoms with van der Waals surface area (Å²) in [7, 11) is 4.13. The molecule has 1 amide bonds. The number of hydrogen-bond donors (Lipinski definition) is 1. The van der Waals surface area contributed by atoms with Crippen molar-refractivity contribution in [3.05, 3.63) is 0 Å². The van der Waals surface area contributed by atoms with Gasteiger partial charge < -0.3 is 15.5 Å². The summed E-state index contributed by atoms with van der Waals surface area (Å²) >= 11 is 0. The van der Waals surface area contributed by atoms with E-state index in [4.69, 9.17) is 5.73 Å². The molecule has 0 aromatic carbocycles. The first-order valence-corrected chi connectivity index (χ1v) is 7.57. The lowest BCUT2D eigenvalue weighted by Gasteiger charge is -2.25. The highest BCUT2D eigenvalue weighted by Crippen LogP contribution is 2.12. The molecule has 0 aliphatic heterocycles. The minimum absolute atomic E-state index is 0.123. The van der Waals surface area contributed by atoms with Crippen molar-refractivity contribution in [3.63, 3.8) is 0 Å². The van der Waals surface area contributed by atoms with Crippen molar-refractivity contribution in [2.24, 2.45) is 11.7 Å². The summed E-state index contributed by atoms with van der Waals surface area (Å²) in [6.07, 6.45) is 4.04. The maximum Gasteiger partial charge on any atom is 0.225 e. The van der Waals surface area contributed by atoms with E-state index in [2.05, 4.69) is 25.9 Å². The zero-order valence-electron chi connectivity index (χ0n) is 13.5. The molecule has 0 saturated carbocycles. The molecule has 2 unspecified atom stereocenters. The van der Waals surface area contributed by atoms with Gasteiger partial charge in [-0.05, 0) is 53.8 Å². The van der Waals surface area contributed by atoms with Crippen molar-refractivity contribution in [1.82, 2.24) is 9.80 Å². The van der Waals surface area contributed by atoms with Gasteiger partial charge in [0, 0.05) is 25.0 Å². The van der Waals surface area contributed by atoms with Gasteiger partial charge in [0.15, 0.2) is 0 Å². The van der Waals surface area contributed by atoms with Gasteiger partial charge >= 0.3 is 0 Å². The fourth-order valence-electron chi connectivity index (χ4n) is 2.18. The first-order valence-electron chi connectivity index (χ1n) is 7.57. The van der Waals surface area contributed by atoms with E-state index in [0.717, 1.165) is 45.3 Å². The molecule has 0 rings (SSSR count). The minimum Gasteiger partial charge on any atom is -0.343 e. The van der Waals surface area contributed by atoms with E-state index in [1.165, 1.54) is 0 Å². The molecule has 0 radical (unpaired) electrons. The standard InChI is InChI=1S/C15H33N3O/c1-6-18(12-8-11-17(4)5)15(19)13(2)9-7-10-14(3)16/h13-14H,6-12,16H2,1-5H3. The van der Waals surface area contributed by atoms with E-state index >= 15 is 0 Å². The molecule has 4 heteroatoms. The Balaban J connectivity index is 4.03. The van der Waals surface area contributed by atoms with Crippen LogP contribution in [-0.4, -0.2) is 55.5 Å². The van der Waals surface area contributed by atoms with E-state index in [1.807, 2.05) is 18.7 Å². The van der Waals surface area contributed by atoms with E-state index in [9.17, 15) is 4.79 Å². The van der Waals surface area contributed by atoms with Crippen LogP contribution in [-0.2, 0) is 4.79 Å². The summed E-state index contributed by atoms with van der Waals surface area (Å²) in [6, 6.07) is 0.240. The lowest BCUT2D eigenvalue weighted by molar-refractivity contribution is -0.135. The van der Waals surface area contributed by atoms with Crippen molar-refractivity contribution in [1.29, 1.82) is 0 Å². The Labute approximate surface area is 119 Å². The first-order chi connectivity index (χ1) is 8.88. The van der Waals surface area contributed by atoms with Crippen LogP contribution in [0, 0.1) is 5.92 Å². The molecule has 19 heavy (non-hydrogen) atoms. The van der Waals surface area contributed by atoms with Crippen LogP contribution < -0.4 is 5.73 Å². The second kappa shape index (κ2) is 10.2. The number of hydrogen-bond acceptors (Lipinski definition) is 3. The highest BCUT2D eigenvalue weighted by molar-refractivity contribution is 5.78. The number of amides is 1. The minimum atomic E-state index is 0.123. The van der Waals surface area contributed by atoms with Gasteiger partial charge in [-0.1, -0.05) is 13.3 Å². The number of rotatable bonds is 10. The van der Waals surface area contributed by atoms with Gasteiger partial charge in [0.2, 0.25) is 5.91 Å². The average Bonchev–Trinajstić information content (AvgIpc) is 2.33. The van der Waals surface area contributed by atoms with Crippen LogP contribution in [0.4, 0.5) is 0 Å². The summed E-state index contributed by atoms with van der Waals surface area (Å²) in [6.45, 7) is 8.82. The molecule has 0 aromatic heterocycles. The number of nitrogens with zero attached hydrogens (tertiary/aromatic N) is 2. The highest BCUT2D eigenvalue weighted by atomic mass is 16.2. The van der Waals surface area contributed by atoms with Gasteiger partial charge in [-0.25, -0.2) is 0 Å². The van der Waals surface area contributed by atoms with Crippen LogP contribution in [0.5, 0.6) is 0 Å². The molecule has 0 aliphatic rings. The topological polar surface area (TPSA) is 49.6 Å². The highest BCUT2D eigenvalue weighted by Gasteiger charge is 2.18. The molecule has 0 spiro atoms. The monoisotopic (exact) mass is 271 g/mol. The lowest BCUT2D eigenvalue weighted by atomic mass is 10.0. The maximum absolute atomic E-state index is 12.3. The third-order valence-corrected chi connectivity index (χ3v) is 3.44. The Morgan fingerprint density at radius 3 is 2.21 bits per heavy atom. The quantitative estimate of drug-likeness (QED) is 0.660. The van der Waals surface area contributed by atoms with Gasteiger partial charge in [-0.2, -0.15) is 0 Å². The van der Waals surface area contributed by atoms with Crippen LogP contribution >= 0.6 is 0 Å². The molecular weight excluding hydrogens is 238 g/mol. The molecule has 0 saturated heterocycles. The Hall–Kier alpha value is -0.610. The van der Waals surface area contributed by atoms with Gasteiger partial charge in [-0.3, -0.25) is 4.79 Å². The molecule has 4 nitrogen and oxygen atoms in total. The molecule has 0 aromatic rings. The van der Waals surface area contributed by atoms with Gasteiger partial charge in [0.25, 0.3) is 0 Å². The van der Waals surface area contributed by atoms with E-state index < -0.39 is 0 Å². The Morgan fingerprint density at radius 1 is 1.11 bits per heavy atom. The molecule has 0 heterocycles. The van der Waals surface area contributed by atoms with Crippen molar-refractivity contribution in [3.8, 4) is 0 Å². The van der Waals surface area contributed by atoms with Crippen molar-refractivity contribution >= 4 is 5.91 Å². The molecule has 0 fully saturated rings.